The van der Waals surface area contributed by atoms with Gasteiger partial charge in [-0.15, -0.1) is 0 Å². The molecular formula is C34H37N3O4S. The summed E-state index contributed by atoms with van der Waals surface area (Å²) in [6, 6.07) is 29.9. The number of benzene rings is 4. The average Bonchev–Trinajstić information content (AvgIpc) is 2.98. The lowest BCUT2D eigenvalue weighted by Gasteiger charge is -2.33. The zero-order chi connectivity index (χ0) is 30.3. The molecular weight excluding hydrogens is 546 g/mol. The predicted octanol–water partition coefficient (Wildman–Crippen LogP) is 5.19. The van der Waals surface area contributed by atoms with Crippen molar-refractivity contribution in [1.82, 2.24) is 10.2 Å². The number of nitrogens with one attached hydrogen (secondary N) is 1. The van der Waals surface area contributed by atoms with Crippen LogP contribution in [0.25, 0.3) is 0 Å². The highest BCUT2D eigenvalue weighted by molar-refractivity contribution is 7.92. The maximum absolute atomic E-state index is 14.3. The van der Waals surface area contributed by atoms with Crippen LogP contribution in [-0.2, 0) is 32.6 Å². The maximum Gasteiger partial charge on any atom is 0.264 e. The molecule has 0 radical (unpaired) electrons. The van der Waals surface area contributed by atoms with Crippen LogP contribution in [0.4, 0.5) is 5.69 Å². The van der Waals surface area contributed by atoms with Crippen molar-refractivity contribution < 1.29 is 18.0 Å². The number of carbonyl (C=O) groups is 2. The Balaban J connectivity index is 1.79. The number of likely N-dealkylation sites (N-methyl/N-ethyl adjacent to an activating group) is 1. The summed E-state index contributed by atoms with van der Waals surface area (Å²) in [7, 11) is -2.58. The first-order chi connectivity index (χ1) is 20.1. The van der Waals surface area contributed by atoms with Crippen LogP contribution in [0.2, 0.25) is 0 Å². The molecule has 2 amide bonds. The number of aryl methyl sites for hydroxylation is 3. The Morgan fingerprint density at radius 1 is 0.738 bits per heavy atom. The second kappa shape index (κ2) is 13.5. The number of rotatable bonds is 11. The fourth-order valence-electron chi connectivity index (χ4n) is 4.88. The minimum Gasteiger partial charge on any atom is -0.357 e. The number of hydrogen-bond donors (Lipinski definition) is 1. The third-order valence-electron chi connectivity index (χ3n) is 7.13. The molecule has 1 unspecified atom stereocenters. The summed E-state index contributed by atoms with van der Waals surface area (Å²) in [6.07, 6.45) is 0.271. The molecule has 7 nitrogen and oxygen atoms in total. The Hall–Kier alpha value is -4.43. The van der Waals surface area contributed by atoms with Crippen molar-refractivity contribution in [2.75, 3.05) is 17.9 Å². The Labute approximate surface area is 248 Å². The topological polar surface area (TPSA) is 86.8 Å². The Kier molecular flexibility index (Phi) is 9.80. The highest BCUT2D eigenvalue weighted by Gasteiger charge is 2.34. The van der Waals surface area contributed by atoms with Gasteiger partial charge < -0.3 is 10.2 Å². The number of hydrogen-bond acceptors (Lipinski definition) is 4. The molecule has 0 spiro atoms. The van der Waals surface area contributed by atoms with E-state index in [4.69, 9.17) is 0 Å². The Morgan fingerprint density at radius 2 is 1.36 bits per heavy atom. The summed E-state index contributed by atoms with van der Waals surface area (Å²) in [5.41, 5.74) is 4.89. The molecule has 42 heavy (non-hydrogen) atoms. The predicted molar refractivity (Wildman–Crippen MR) is 167 cm³/mol. The zero-order valence-corrected chi connectivity index (χ0v) is 25.3. The largest absolute Gasteiger partial charge is 0.357 e. The summed E-state index contributed by atoms with van der Waals surface area (Å²) in [4.78, 5) is 29.2. The van der Waals surface area contributed by atoms with Gasteiger partial charge in [-0.3, -0.25) is 13.9 Å². The SMILES string of the molecule is CNC(=O)C(Cc1ccccc1)N(Cc1cccc(C)c1)C(=O)CN(c1cccc(C)c1)S(=O)(=O)c1ccc(C)cc1. The molecule has 0 fully saturated rings. The van der Waals surface area contributed by atoms with E-state index in [-0.39, 0.29) is 23.8 Å². The van der Waals surface area contributed by atoms with E-state index >= 15 is 0 Å². The fraction of sp³-hybridized carbons (Fsp3) is 0.235. The molecule has 218 valence electrons. The van der Waals surface area contributed by atoms with Crippen molar-refractivity contribution in [3.8, 4) is 0 Å². The molecule has 4 aromatic rings. The summed E-state index contributed by atoms with van der Waals surface area (Å²) >= 11 is 0. The van der Waals surface area contributed by atoms with Gasteiger partial charge in [0.05, 0.1) is 10.6 Å². The normalized spacial score (nSPS) is 11.9. The van der Waals surface area contributed by atoms with Gasteiger partial charge in [-0.2, -0.15) is 0 Å². The minimum atomic E-state index is -4.12. The first-order valence-electron chi connectivity index (χ1n) is 13.8. The van der Waals surface area contributed by atoms with E-state index in [9.17, 15) is 18.0 Å². The van der Waals surface area contributed by atoms with Crippen LogP contribution >= 0.6 is 0 Å². The molecule has 4 aromatic carbocycles. The lowest BCUT2D eigenvalue weighted by Crippen LogP contribution is -2.53. The van der Waals surface area contributed by atoms with Gasteiger partial charge in [-0.05, 0) is 61.7 Å². The maximum atomic E-state index is 14.3. The summed E-state index contributed by atoms with van der Waals surface area (Å²) in [6.45, 7) is 5.37. The van der Waals surface area contributed by atoms with Crippen molar-refractivity contribution in [3.63, 3.8) is 0 Å². The third-order valence-corrected chi connectivity index (χ3v) is 8.92. The number of amides is 2. The standard InChI is InChI=1S/C34H37N3O4S/c1-25-16-18-31(19-17-25)42(40,41)37(30-15-9-11-27(3)21-30)24-33(38)36(23-29-14-8-10-26(2)20-29)32(34(39)35-4)22-28-12-6-5-7-13-28/h5-21,32H,22-24H2,1-4H3,(H,35,39). The summed E-state index contributed by atoms with van der Waals surface area (Å²) in [5, 5.41) is 2.71. The van der Waals surface area contributed by atoms with Crippen molar-refractivity contribution in [2.45, 2.75) is 44.7 Å². The van der Waals surface area contributed by atoms with Crippen LogP contribution in [0.5, 0.6) is 0 Å². The molecule has 1 N–H and O–H groups in total. The van der Waals surface area contributed by atoms with Crippen molar-refractivity contribution >= 4 is 27.5 Å². The molecule has 0 aromatic heterocycles. The second-order valence-electron chi connectivity index (χ2n) is 10.5. The van der Waals surface area contributed by atoms with E-state index in [0.717, 1.165) is 32.1 Å². The third kappa shape index (κ3) is 7.44. The zero-order valence-electron chi connectivity index (χ0n) is 24.4. The Morgan fingerprint density at radius 3 is 1.98 bits per heavy atom. The highest BCUT2D eigenvalue weighted by Crippen LogP contribution is 2.26. The van der Waals surface area contributed by atoms with Crippen LogP contribution in [0.3, 0.4) is 0 Å². The van der Waals surface area contributed by atoms with Crippen LogP contribution < -0.4 is 9.62 Å². The first-order valence-corrected chi connectivity index (χ1v) is 15.3. The highest BCUT2D eigenvalue weighted by atomic mass is 32.2. The molecule has 8 heteroatoms. The van der Waals surface area contributed by atoms with Crippen LogP contribution in [0, 0.1) is 20.8 Å². The monoisotopic (exact) mass is 583 g/mol. The lowest BCUT2D eigenvalue weighted by molar-refractivity contribution is -0.139. The molecule has 0 saturated heterocycles. The number of anilines is 1. The quantitative estimate of drug-likeness (QED) is 0.263. The average molecular weight is 584 g/mol. The molecule has 0 aliphatic carbocycles. The van der Waals surface area contributed by atoms with Gasteiger partial charge in [0.15, 0.2) is 0 Å². The van der Waals surface area contributed by atoms with Gasteiger partial charge in [0.25, 0.3) is 10.0 Å². The molecule has 0 aliphatic heterocycles. The van der Waals surface area contributed by atoms with Crippen LogP contribution in [0.1, 0.15) is 27.8 Å². The van der Waals surface area contributed by atoms with Gasteiger partial charge in [-0.25, -0.2) is 8.42 Å². The Bertz CT molecular complexity index is 1640. The van der Waals surface area contributed by atoms with E-state index in [1.807, 2.05) is 81.4 Å². The smallest absolute Gasteiger partial charge is 0.264 e. The van der Waals surface area contributed by atoms with Gasteiger partial charge in [0.1, 0.15) is 12.6 Å². The summed E-state index contributed by atoms with van der Waals surface area (Å²) < 4.78 is 29.2. The van der Waals surface area contributed by atoms with Crippen LogP contribution in [0.15, 0.2) is 108 Å². The van der Waals surface area contributed by atoms with E-state index < -0.39 is 28.5 Å². The molecule has 0 aliphatic rings. The molecule has 1 atom stereocenters. The van der Waals surface area contributed by atoms with Crippen molar-refractivity contribution in [3.05, 3.63) is 131 Å². The van der Waals surface area contributed by atoms with E-state index in [0.29, 0.717) is 5.69 Å². The van der Waals surface area contributed by atoms with Gasteiger partial charge in [0, 0.05) is 20.0 Å². The number of carbonyl (C=O) groups excluding carboxylic acids is 2. The summed E-state index contributed by atoms with van der Waals surface area (Å²) in [5.74, 6) is -0.818. The number of sulfonamides is 1. The van der Waals surface area contributed by atoms with Gasteiger partial charge in [0.2, 0.25) is 11.8 Å². The van der Waals surface area contributed by atoms with Crippen LogP contribution in [-0.4, -0.2) is 44.8 Å². The van der Waals surface area contributed by atoms with Crippen molar-refractivity contribution in [2.24, 2.45) is 0 Å². The second-order valence-corrected chi connectivity index (χ2v) is 12.4. The molecule has 0 saturated carbocycles. The molecule has 4 rings (SSSR count). The van der Waals surface area contributed by atoms with E-state index in [1.54, 1.807) is 42.5 Å². The van der Waals surface area contributed by atoms with E-state index in [2.05, 4.69) is 5.32 Å². The van der Waals surface area contributed by atoms with E-state index in [1.165, 1.54) is 11.9 Å². The minimum absolute atomic E-state index is 0.0831. The molecule has 0 heterocycles. The molecule has 0 bridgehead atoms. The van der Waals surface area contributed by atoms with Gasteiger partial charge >= 0.3 is 0 Å². The lowest BCUT2D eigenvalue weighted by atomic mass is 10.0. The number of nitrogens with zero attached hydrogens (tertiary/aromatic N) is 2. The van der Waals surface area contributed by atoms with Gasteiger partial charge in [-0.1, -0.05) is 90.0 Å². The van der Waals surface area contributed by atoms with Crippen molar-refractivity contribution in [1.29, 1.82) is 0 Å². The first kappa shape index (κ1) is 30.5. The fourth-order valence-corrected chi connectivity index (χ4v) is 6.28.